The summed E-state index contributed by atoms with van der Waals surface area (Å²) in [5.41, 5.74) is 0.966. The van der Waals surface area contributed by atoms with Crippen molar-refractivity contribution in [3.63, 3.8) is 0 Å². The Morgan fingerprint density at radius 2 is 1.89 bits per heavy atom. The van der Waals surface area contributed by atoms with Crippen LogP contribution >= 0.6 is 11.3 Å². The fourth-order valence-electron chi connectivity index (χ4n) is 3.11. The van der Waals surface area contributed by atoms with Crippen LogP contribution in [0.2, 0.25) is 0 Å². The van der Waals surface area contributed by atoms with Crippen LogP contribution in [-0.2, 0) is 14.3 Å². The molecule has 3 rings (SSSR count). The number of ketones is 1. The minimum Gasteiger partial charge on any atom is -0.503 e. The summed E-state index contributed by atoms with van der Waals surface area (Å²) in [6.07, 6.45) is 0. The minimum absolute atomic E-state index is 0.0226. The monoisotopic (exact) mass is 401 g/mol. The lowest BCUT2D eigenvalue weighted by Crippen LogP contribution is -2.34. The second-order valence-corrected chi connectivity index (χ2v) is 7.02. The zero-order valence-electron chi connectivity index (χ0n) is 15.4. The molecule has 0 saturated heterocycles. The molecule has 0 unspecified atom stereocenters. The fourth-order valence-corrected chi connectivity index (χ4v) is 3.79. The van der Waals surface area contributed by atoms with Crippen LogP contribution in [0.4, 0.5) is 0 Å². The molecular weight excluding hydrogens is 382 g/mol. The summed E-state index contributed by atoms with van der Waals surface area (Å²) in [6, 6.07) is 9.01. The van der Waals surface area contributed by atoms with E-state index in [-0.39, 0.29) is 18.7 Å². The van der Waals surface area contributed by atoms with E-state index in [1.54, 1.807) is 41.8 Å². The van der Waals surface area contributed by atoms with E-state index < -0.39 is 29.5 Å². The number of nitrogens with zero attached hydrogens (tertiary/aromatic N) is 1. The van der Waals surface area contributed by atoms with Gasteiger partial charge in [-0.1, -0.05) is 18.2 Å². The van der Waals surface area contributed by atoms with Crippen molar-refractivity contribution in [2.75, 3.05) is 27.4 Å². The molecule has 0 radical (unpaired) electrons. The summed E-state index contributed by atoms with van der Waals surface area (Å²) in [7, 11) is 2.79. The average Bonchev–Trinajstić information content (AvgIpc) is 3.34. The van der Waals surface area contributed by atoms with E-state index in [0.717, 1.165) is 0 Å². The Morgan fingerprint density at radius 3 is 2.46 bits per heavy atom. The number of ether oxygens (including phenoxy) is 2. The molecule has 1 aromatic carbocycles. The molecule has 0 fully saturated rings. The molecule has 8 heteroatoms. The fraction of sp³-hybridized carbons (Fsp3) is 0.250. The Kier molecular flexibility index (Phi) is 5.91. The van der Waals surface area contributed by atoms with Gasteiger partial charge in [-0.25, -0.2) is 4.79 Å². The lowest BCUT2D eigenvalue weighted by atomic mass is 9.94. The van der Waals surface area contributed by atoms with Crippen LogP contribution in [0.3, 0.4) is 0 Å². The van der Waals surface area contributed by atoms with Gasteiger partial charge < -0.3 is 19.5 Å². The number of hydrogen-bond donors (Lipinski definition) is 1. The number of amides is 1. The summed E-state index contributed by atoms with van der Waals surface area (Å²) in [6.45, 7) is 0.445. The molecular formula is C20H19NO6S. The smallest absolute Gasteiger partial charge is 0.337 e. The summed E-state index contributed by atoms with van der Waals surface area (Å²) in [5.74, 6) is -2.07. The maximum atomic E-state index is 13.0. The van der Waals surface area contributed by atoms with E-state index in [1.807, 2.05) is 0 Å². The highest BCUT2D eigenvalue weighted by Crippen LogP contribution is 2.39. The molecule has 146 valence electrons. The van der Waals surface area contributed by atoms with Crippen molar-refractivity contribution < 1.29 is 29.0 Å². The van der Waals surface area contributed by atoms with Crippen molar-refractivity contribution in [3.8, 4) is 0 Å². The van der Waals surface area contributed by atoms with Gasteiger partial charge in [-0.05, 0) is 29.1 Å². The van der Waals surface area contributed by atoms with E-state index >= 15 is 0 Å². The maximum absolute atomic E-state index is 13.0. The Morgan fingerprint density at radius 1 is 1.18 bits per heavy atom. The Hall–Kier alpha value is -2.97. The topological polar surface area (TPSA) is 93.1 Å². The van der Waals surface area contributed by atoms with E-state index in [2.05, 4.69) is 0 Å². The number of carbonyl (C=O) groups is 3. The maximum Gasteiger partial charge on any atom is 0.337 e. The second kappa shape index (κ2) is 8.37. The van der Waals surface area contributed by atoms with Gasteiger partial charge in [0.05, 0.1) is 35.8 Å². The van der Waals surface area contributed by atoms with Gasteiger partial charge in [0.2, 0.25) is 5.78 Å². The number of aliphatic hydroxyl groups excluding tert-OH is 1. The second-order valence-electron chi connectivity index (χ2n) is 6.08. The number of methoxy groups -OCH3 is 2. The molecule has 1 aliphatic heterocycles. The molecule has 1 atom stereocenters. The first kappa shape index (κ1) is 19.8. The summed E-state index contributed by atoms with van der Waals surface area (Å²) >= 11 is 1.24. The molecule has 1 aromatic heterocycles. The zero-order chi connectivity index (χ0) is 20.3. The van der Waals surface area contributed by atoms with E-state index in [4.69, 9.17) is 9.47 Å². The Bertz CT molecular complexity index is 917. The number of Topliss-reactive ketones (excluding diaryl/α,β-unsaturated/α-hetero) is 1. The molecule has 2 aromatic rings. The van der Waals surface area contributed by atoms with Crippen LogP contribution in [0, 0.1) is 0 Å². The number of carbonyl (C=O) groups excluding carboxylic acids is 3. The highest BCUT2D eigenvalue weighted by Gasteiger charge is 2.43. The first-order valence-electron chi connectivity index (χ1n) is 8.49. The number of thiophene rings is 1. The lowest BCUT2D eigenvalue weighted by molar-refractivity contribution is -0.130. The third-order valence-corrected chi connectivity index (χ3v) is 5.35. The zero-order valence-corrected chi connectivity index (χ0v) is 16.2. The van der Waals surface area contributed by atoms with Crippen molar-refractivity contribution >= 4 is 29.0 Å². The van der Waals surface area contributed by atoms with Gasteiger partial charge in [0.15, 0.2) is 5.76 Å². The first-order chi connectivity index (χ1) is 13.5. The quantitative estimate of drug-likeness (QED) is 0.566. The number of hydrogen-bond acceptors (Lipinski definition) is 7. The van der Waals surface area contributed by atoms with Crippen molar-refractivity contribution in [1.82, 2.24) is 4.90 Å². The summed E-state index contributed by atoms with van der Waals surface area (Å²) < 4.78 is 9.76. The largest absolute Gasteiger partial charge is 0.503 e. The Balaban J connectivity index is 2.04. The number of esters is 1. The van der Waals surface area contributed by atoms with Gasteiger partial charge >= 0.3 is 5.97 Å². The van der Waals surface area contributed by atoms with Crippen molar-refractivity contribution in [2.24, 2.45) is 0 Å². The molecule has 1 amide bonds. The molecule has 0 aliphatic carbocycles. The van der Waals surface area contributed by atoms with Crippen LogP contribution in [0.15, 0.2) is 53.1 Å². The summed E-state index contributed by atoms with van der Waals surface area (Å²) in [5, 5.41) is 12.2. The Labute approximate surface area is 165 Å². The van der Waals surface area contributed by atoms with Crippen LogP contribution in [0.25, 0.3) is 0 Å². The highest BCUT2D eigenvalue weighted by molar-refractivity contribution is 7.12. The predicted molar refractivity (Wildman–Crippen MR) is 102 cm³/mol. The van der Waals surface area contributed by atoms with Crippen LogP contribution in [0.5, 0.6) is 0 Å². The van der Waals surface area contributed by atoms with E-state index in [9.17, 15) is 19.5 Å². The van der Waals surface area contributed by atoms with E-state index in [1.165, 1.54) is 30.5 Å². The van der Waals surface area contributed by atoms with Gasteiger partial charge in [-0.2, -0.15) is 0 Å². The molecule has 2 heterocycles. The number of aliphatic hydroxyl groups is 1. The van der Waals surface area contributed by atoms with Gasteiger partial charge in [-0.3, -0.25) is 9.59 Å². The van der Waals surface area contributed by atoms with E-state index in [0.29, 0.717) is 16.0 Å². The molecule has 0 bridgehead atoms. The van der Waals surface area contributed by atoms with Crippen molar-refractivity contribution in [1.29, 1.82) is 0 Å². The molecule has 0 spiro atoms. The third-order valence-electron chi connectivity index (χ3n) is 4.48. The minimum atomic E-state index is -0.774. The molecule has 0 saturated carbocycles. The predicted octanol–water partition coefficient (Wildman–Crippen LogP) is 2.76. The van der Waals surface area contributed by atoms with Crippen molar-refractivity contribution in [2.45, 2.75) is 6.04 Å². The third kappa shape index (κ3) is 3.56. The SMILES string of the molecule is COCCN1C(=O)C(O)=C(C(=O)c2cccs2)[C@H]1c1ccc(C(=O)OC)cc1. The molecule has 1 N–H and O–H groups in total. The van der Waals surface area contributed by atoms with Crippen LogP contribution in [-0.4, -0.2) is 55.0 Å². The molecule has 1 aliphatic rings. The van der Waals surface area contributed by atoms with Gasteiger partial charge in [-0.15, -0.1) is 11.3 Å². The van der Waals surface area contributed by atoms with Gasteiger partial charge in [0, 0.05) is 13.7 Å². The standard InChI is InChI=1S/C20H19NO6S/c1-26-10-9-21-16(12-5-7-13(8-6-12)20(25)27-2)15(18(23)19(21)24)17(22)14-4-3-11-28-14/h3-8,11,16,23H,9-10H2,1-2H3/t16-/m1/s1. The van der Waals surface area contributed by atoms with Crippen molar-refractivity contribution in [3.05, 3.63) is 69.1 Å². The highest BCUT2D eigenvalue weighted by atomic mass is 32.1. The molecule has 28 heavy (non-hydrogen) atoms. The van der Waals surface area contributed by atoms with Crippen LogP contribution in [0.1, 0.15) is 31.6 Å². The summed E-state index contributed by atoms with van der Waals surface area (Å²) in [4.78, 5) is 39.1. The first-order valence-corrected chi connectivity index (χ1v) is 9.37. The van der Waals surface area contributed by atoms with Gasteiger partial charge in [0.25, 0.3) is 5.91 Å². The lowest BCUT2D eigenvalue weighted by Gasteiger charge is -2.26. The number of benzene rings is 1. The average molecular weight is 401 g/mol. The van der Waals surface area contributed by atoms with Gasteiger partial charge in [0.1, 0.15) is 0 Å². The normalized spacial score (nSPS) is 16.6. The number of rotatable bonds is 7. The van der Waals surface area contributed by atoms with Crippen LogP contribution < -0.4 is 0 Å². The molecule has 7 nitrogen and oxygen atoms in total.